The van der Waals surface area contributed by atoms with Crippen molar-refractivity contribution in [3.63, 3.8) is 0 Å². The topological polar surface area (TPSA) is 64.4 Å². The molecule has 1 amide bonds. The van der Waals surface area contributed by atoms with Crippen LogP contribution >= 0.6 is 0 Å². The fourth-order valence-electron chi connectivity index (χ4n) is 2.99. The largest absolute Gasteiger partial charge is 0.490 e. The smallest absolute Gasteiger partial charge is 0.347 e. The lowest BCUT2D eigenvalue weighted by Crippen LogP contribution is -2.44. The molecule has 0 aliphatic carbocycles. The summed E-state index contributed by atoms with van der Waals surface area (Å²) in [5.74, 6) is 0.868. The molecule has 0 saturated carbocycles. The molecule has 0 spiro atoms. The molecule has 3 rings (SSSR count). The zero-order valence-corrected chi connectivity index (χ0v) is 14.6. The first-order chi connectivity index (χ1) is 12.0. The molecule has 132 valence electrons. The summed E-state index contributed by atoms with van der Waals surface area (Å²) in [7, 11) is 0. The number of hydrogen-bond donors (Lipinski definition) is 0. The van der Waals surface area contributed by atoms with Crippen molar-refractivity contribution in [2.45, 2.75) is 39.3 Å². The molecule has 1 aliphatic heterocycles. The number of aromatic nitrogens is 2. The van der Waals surface area contributed by atoms with E-state index < -0.39 is 5.69 Å². The Balaban J connectivity index is 1.55. The molecule has 6 heteroatoms. The molecule has 1 aliphatic rings. The number of ether oxygens (including phenoxy) is 1. The van der Waals surface area contributed by atoms with E-state index >= 15 is 0 Å². The molecule has 25 heavy (non-hydrogen) atoms. The summed E-state index contributed by atoms with van der Waals surface area (Å²) in [6.07, 6.45) is 4.72. The Morgan fingerprint density at radius 3 is 2.76 bits per heavy atom. The summed E-state index contributed by atoms with van der Waals surface area (Å²) in [4.78, 5) is 29.5. The number of rotatable bonds is 4. The van der Waals surface area contributed by atoms with Crippen LogP contribution in [0.25, 0.3) is 0 Å². The average molecular weight is 341 g/mol. The van der Waals surface area contributed by atoms with Gasteiger partial charge in [-0.2, -0.15) is 0 Å². The minimum absolute atomic E-state index is 0.0369. The van der Waals surface area contributed by atoms with Gasteiger partial charge in [-0.25, -0.2) is 9.78 Å². The zero-order chi connectivity index (χ0) is 17.8. The van der Waals surface area contributed by atoms with Crippen LogP contribution in [-0.4, -0.2) is 39.6 Å². The van der Waals surface area contributed by atoms with Gasteiger partial charge in [-0.05, 0) is 37.1 Å². The molecule has 0 N–H and O–H groups in total. The number of nitrogens with zero attached hydrogens (tertiary/aromatic N) is 3. The fraction of sp³-hybridized carbons (Fsp3) is 0.421. The van der Waals surface area contributed by atoms with Gasteiger partial charge in [-0.1, -0.05) is 12.1 Å². The van der Waals surface area contributed by atoms with Crippen LogP contribution in [0.4, 0.5) is 0 Å². The Labute approximate surface area is 147 Å². The maximum Gasteiger partial charge on any atom is 0.347 e. The Hall–Kier alpha value is -2.63. The first-order valence-corrected chi connectivity index (χ1v) is 8.56. The van der Waals surface area contributed by atoms with Crippen molar-refractivity contribution in [3.8, 4) is 5.75 Å². The van der Waals surface area contributed by atoms with Gasteiger partial charge >= 0.3 is 5.69 Å². The second-order valence-corrected chi connectivity index (χ2v) is 6.50. The second kappa shape index (κ2) is 7.51. The Kier molecular flexibility index (Phi) is 5.16. The SMILES string of the molecule is Cc1ccc(C)c(OC2CCN(C(=O)Cn3cccnc3=O)CC2)c1. The van der Waals surface area contributed by atoms with E-state index in [0.717, 1.165) is 24.2 Å². The van der Waals surface area contributed by atoms with Gasteiger partial charge < -0.3 is 9.64 Å². The normalized spacial score (nSPS) is 15.2. The molecule has 2 heterocycles. The van der Waals surface area contributed by atoms with E-state index in [4.69, 9.17) is 4.74 Å². The standard InChI is InChI=1S/C19H23N3O3/c1-14-4-5-15(2)17(12-14)25-16-6-10-21(11-7-16)18(23)13-22-9-3-8-20-19(22)24/h3-5,8-9,12,16H,6-7,10-11,13H2,1-2H3. The zero-order valence-electron chi connectivity index (χ0n) is 14.6. The highest BCUT2D eigenvalue weighted by molar-refractivity contribution is 5.76. The van der Waals surface area contributed by atoms with Crippen LogP contribution in [0.5, 0.6) is 5.75 Å². The Morgan fingerprint density at radius 1 is 1.28 bits per heavy atom. The molecular formula is C19H23N3O3. The molecule has 1 aromatic heterocycles. The lowest BCUT2D eigenvalue weighted by atomic mass is 10.1. The van der Waals surface area contributed by atoms with E-state index in [9.17, 15) is 9.59 Å². The average Bonchev–Trinajstić information content (AvgIpc) is 2.61. The summed E-state index contributed by atoms with van der Waals surface area (Å²) in [5, 5.41) is 0. The predicted octanol–water partition coefficient (Wildman–Crippen LogP) is 1.93. The number of piperidine rings is 1. The van der Waals surface area contributed by atoms with E-state index in [0.29, 0.717) is 13.1 Å². The first kappa shape index (κ1) is 17.2. The van der Waals surface area contributed by atoms with Gasteiger partial charge in [0.25, 0.3) is 0 Å². The van der Waals surface area contributed by atoms with E-state index in [2.05, 4.69) is 23.2 Å². The van der Waals surface area contributed by atoms with E-state index in [-0.39, 0.29) is 18.6 Å². The number of amides is 1. The third kappa shape index (κ3) is 4.26. The van der Waals surface area contributed by atoms with Crippen LogP contribution in [0.3, 0.4) is 0 Å². The van der Waals surface area contributed by atoms with Gasteiger partial charge in [0, 0.05) is 38.3 Å². The van der Waals surface area contributed by atoms with Crippen molar-refractivity contribution in [1.82, 2.24) is 14.5 Å². The van der Waals surface area contributed by atoms with Crippen molar-refractivity contribution in [1.29, 1.82) is 0 Å². The molecule has 0 bridgehead atoms. The van der Waals surface area contributed by atoms with Crippen molar-refractivity contribution in [2.75, 3.05) is 13.1 Å². The highest BCUT2D eigenvalue weighted by Crippen LogP contribution is 2.24. The highest BCUT2D eigenvalue weighted by Gasteiger charge is 2.24. The lowest BCUT2D eigenvalue weighted by molar-refractivity contribution is -0.133. The minimum Gasteiger partial charge on any atom is -0.490 e. The van der Waals surface area contributed by atoms with E-state index in [1.807, 2.05) is 13.8 Å². The Bertz CT molecular complexity index is 808. The molecular weight excluding hydrogens is 318 g/mol. The molecule has 0 atom stereocenters. The van der Waals surface area contributed by atoms with E-state index in [1.165, 1.54) is 16.3 Å². The highest BCUT2D eigenvalue weighted by atomic mass is 16.5. The fourth-order valence-corrected chi connectivity index (χ4v) is 2.99. The summed E-state index contributed by atoms with van der Waals surface area (Å²) >= 11 is 0. The molecule has 2 aromatic rings. The van der Waals surface area contributed by atoms with Crippen LogP contribution < -0.4 is 10.4 Å². The molecule has 0 radical (unpaired) electrons. The first-order valence-electron chi connectivity index (χ1n) is 8.56. The number of carbonyl (C=O) groups is 1. The Morgan fingerprint density at radius 2 is 2.04 bits per heavy atom. The van der Waals surface area contributed by atoms with Crippen LogP contribution in [0.15, 0.2) is 41.5 Å². The summed E-state index contributed by atoms with van der Waals surface area (Å²) in [6, 6.07) is 7.85. The van der Waals surface area contributed by atoms with Crippen LogP contribution in [-0.2, 0) is 11.3 Å². The van der Waals surface area contributed by atoms with Gasteiger partial charge in [-0.15, -0.1) is 0 Å². The summed E-state index contributed by atoms with van der Waals surface area (Å²) in [5.41, 5.74) is 1.90. The van der Waals surface area contributed by atoms with Crippen molar-refractivity contribution < 1.29 is 9.53 Å². The van der Waals surface area contributed by atoms with Gasteiger partial charge in [0.05, 0.1) is 0 Å². The van der Waals surface area contributed by atoms with Gasteiger partial charge in [0.1, 0.15) is 18.4 Å². The third-order valence-corrected chi connectivity index (χ3v) is 4.52. The number of carbonyl (C=O) groups excluding carboxylic acids is 1. The number of benzene rings is 1. The maximum absolute atomic E-state index is 12.4. The molecule has 0 unspecified atom stereocenters. The summed E-state index contributed by atoms with van der Waals surface area (Å²) in [6.45, 7) is 5.41. The van der Waals surface area contributed by atoms with Gasteiger partial charge in [0.2, 0.25) is 5.91 Å². The second-order valence-electron chi connectivity index (χ2n) is 6.50. The van der Waals surface area contributed by atoms with Crippen LogP contribution in [0, 0.1) is 13.8 Å². The molecule has 6 nitrogen and oxygen atoms in total. The number of hydrogen-bond acceptors (Lipinski definition) is 4. The van der Waals surface area contributed by atoms with Crippen molar-refractivity contribution in [2.24, 2.45) is 0 Å². The van der Waals surface area contributed by atoms with Crippen molar-refractivity contribution >= 4 is 5.91 Å². The molecule has 1 fully saturated rings. The van der Waals surface area contributed by atoms with Crippen LogP contribution in [0.1, 0.15) is 24.0 Å². The minimum atomic E-state index is -0.399. The van der Waals surface area contributed by atoms with E-state index in [1.54, 1.807) is 17.2 Å². The lowest BCUT2D eigenvalue weighted by Gasteiger charge is -2.32. The van der Waals surface area contributed by atoms with Crippen LogP contribution in [0.2, 0.25) is 0 Å². The van der Waals surface area contributed by atoms with Crippen molar-refractivity contribution in [3.05, 3.63) is 58.3 Å². The molecule has 1 saturated heterocycles. The molecule has 1 aromatic carbocycles. The maximum atomic E-state index is 12.4. The predicted molar refractivity (Wildman–Crippen MR) is 94.6 cm³/mol. The third-order valence-electron chi connectivity index (χ3n) is 4.52. The van der Waals surface area contributed by atoms with Gasteiger partial charge in [-0.3, -0.25) is 9.36 Å². The quantitative estimate of drug-likeness (QED) is 0.852. The number of likely N-dealkylation sites (tertiary alicyclic amines) is 1. The number of aryl methyl sites for hydroxylation is 2. The monoisotopic (exact) mass is 341 g/mol. The van der Waals surface area contributed by atoms with Gasteiger partial charge in [0.15, 0.2) is 0 Å². The summed E-state index contributed by atoms with van der Waals surface area (Å²) < 4.78 is 7.46.